The van der Waals surface area contributed by atoms with Crippen LogP contribution in [0.5, 0.6) is 0 Å². The van der Waals surface area contributed by atoms with Gasteiger partial charge < -0.3 is 0 Å². The van der Waals surface area contributed by atoms with Crippen molar-refractivity contribution in [2.24, 2.45) is 0 Å². The molecule has 0 N–H and O–H groups in total. The molecule has 0 bridgehead atoms. The number of aryl methyl sites for hydroxylation is 1. The summed E-state index contributed by atoms with van der Waals surface area (Å²) in [5.74, 6) is 0.523. The van der Waals surface area contributed by atoms with Crippen LogP contribution in [0.25, 0.3) is 0 Å². The molecule has 64 valence electrons. The minimum Gasteiger partial charge on any atom is -0.207 e. The predicted molar refractivity (Wildman–Crippen MR) is 50.8 cm³/mol. The molecule has 12 heavy (non-hydrogen) atoms. The Morgan fingerprint density at radius 2 is 2.08 bits per heavy atom. The van der Waals surface area contributed by atoms with Crippen molar-refractivity contribution in [1.82, 2.24) is 0 Å². The standard InChI is InChI=1S/C10H10BrF/c1-6-4-9(11)8(5-10(6)12)7-2-3-7/h4-5,7H,2-3H2,1H3. The van der Waals surface area contributed by atoms with Crippen LogP contribution in [0.1, 0.15) is 29.9 Å². The minimum absolute atomic E-state index is 0.0832. The van der Waals surface area contributed by atoms with Gasteiger partial charge in [0.25, 0.3) is 0 Å². The maximum atomic E-state index is 13.1. The van der Waals surface area contributed by atoms with Crippen molar-refractivity contribution in [2.45, 2.75) is 25.7 Å². The molecule has 0 nitrogen and oxygen atoms in total. The third-order valence-electron chi connectivity index (χ3n) is 2.30. The molecule has 1 aliphatic rings. The van der Waals surface area contributed by atoms with Crippen molar-refractivity contribution in [3.05, 3.63) is 33.5 Å². The molecule has 2 heteroatoms. The highest BCUT2D eigenvalue weighted by molar-refractivity contribution is 9.10. The maximum absolute atomic E-state index is 13.1. The summed E-state index contributed by atoms with van der Waals surface area (Å²) in [6.07, 6.45) is 2.42. The Morgan fingerprint density at radius 1 is 1.42 bits per heavy atom. The third-order valence-corrected chi connectivity index (χ3v) is 2.98. The summed E-state index contributed by atoms with van der Waals surface area (Å²) in [5, 5.41) is 0. The zero-order valence-corrected chi connectivity index (χ0v) is 8.49. The van der Waals surface area contributed by atoms with E-state index in [-0.39, 0.29) is 5.82 Å². The zero-order valence-electron chi connectivity index (χ0n) is 6.90. The summed E-state index contributed by atoms with van der Waals surface area (Å²) in [7, 11) is 0. The quantitative estimate of drug-likeness (QED) is 0.687. The van der Waals surface area contributed by atoms with E-state index >= 15 is 0 Å². The van der Waals surface area contributed by atoms with Crippen LogP contribution >= 0.6 is 15.9 Å². The van der Waals surface area contributed by atoms with Crippen molar-refractivity contribution in [3.63, 3.8) is 0 Å². The smallest absolute Gasteiger partial charge is 0.126 e. The van der Waals surface area contributed by atoms with Crippen molar-refractivity contribution in [2.75, 3.05) is 0 Å². The Balaban J connectivity index is 2.47. The first-order valence-electron chi connectivity index (χ1n) is 4.14. The predicted octanol–water partition coefficient (Wildman–Crippen LogP) is 3.77. The second-order valence-electron chi connectivity index (χ2n) is 3.40. The van der Waals surface area contributed by atoms with E-state index in [1.54, 1.807) is 13.0 Å². The molecule has 1 aromatic carbocycles. The zero-order chi connectivity index (χ0) is 8.72. The Hall–Kier alpha value is -0.370. The van der Waals surface area contributed by atoms with Crippen molar-refractivity contribution < 1.29 is 4.39 Å². The Bertz CT molecular complexity index is 316. The van der Waals surface area contributed by atoms with Crippen molar-refractivity contribution in [1.29, 1.82) is 0 Å². The summed E-state index contributed by atoms with van der Waals surface area (Å²) >= 11 is 3.46. The highest BCUT2D eigenvalue weighted by atomic mass is 79.9. The second-order valence-corrected chi connectivity index (χ2v) is 4.25. The first kappa shape index (κ1) is 8.24. The van der Waals surface area contributed by atoms with Gasteiger partial charge in [0.05, 0.1) is 0 Å². The van der Waals surface area contributed by atoms with Crippen LogP contribution in [0.4, 0.5) is 4.39 Å². The molecule has 1 saturated carbocycles. The molecule has 0 spiro atoms. The molecule has 0 aliphatic heterocycles. The summed E-state index contributed by atoms with van der Waals surface area (Å²) in [6.45, 7) is 1.79. The summed E-state index contributed by atoms with van der Waals surface area (Å²) in [4.78, 5) is 0. The highest BCUT2D eigenvalue weighted by Crippen LogP contribution is 2.43. The molecular weight excluding hydrogens is 219 g/mol. The van der Waals surface area contributed by atoms with Crippen LogP contribution in [0.15, 0.2) is 16.6 Å². The van der Waals surface area contributed by atoms with E-state index < -0.39 is 0 Å². The maximum Gasteiger partial charge on any atom is 0.126 e. The van der Waals surface area contributed by atoms with E-state index in [9.17, 15) is 4.39 Å². The van der Waals surface area contributed by atoms with Gasteiger partial charge in [-0.25, -0.2) is 4.39 Å². The molecule has 0 saturated heterocycles. The van der Waals surface area contributed by atoms with E-state index in [1.165, 1.54) is 12.8 Å². The first-order chi connectivity index (χ1) is 5.68. The van der Waals surface area contributed by atoms with Crippen molar-refractivity contribution in [3.8, 4) is 0 Å². The SMILES string of the molecule is Cc1cc(Br)c(C2CC2)cc1F. The fourth-order valence-corrected chi connectivity index (χ4v) is 2.15. The van der Waals surface area contributed by atoms with Crippen LogP contribution in [-0.2, 0) is 0 Å². The van der Waals surface area contributed by atoms with Gasteiger partial charge in [-0.15, -0.1) is 0 Å². The molecule has 0 atom stereocenters. The van der Waals surface area contributed by atoms with Gasteiger partial charge in [-0.1, -0.05) is 15.9 Å². The monoisotopic (exact) mass is 228 g/mol. The molecule has 0 radical (unpaired) electrons. The van der Waals surface area contributed by atoms with E-state index in [2.05, 4.69) is 15.9 Å². The number of rotatable bonds is 1. The minimum atomic E-state index is -0.0832. The van der Waals surface area contributed by atoms with Gasteiger partial charge in [-0.05, 0) is 48.9 Å². The van der Waals surface area contributed by atoms with E-state index in [1.807, 2.05) is 6.07 Å². The summed E-state index contributed by atoms with van der Waals surface area (Å²) < 4.78 is 14.2. The van der Waals surface area contributed by atoms with Gasteiger partial charge in [-0.3, -0.25) is 0 Å². The van der Waals surface area contributed by atoms with Crippen LogP contribution in [0.2, 0.25) is 0 Å². The number of hydrogen-bond acceptors (Lipinski definition) is 0. The van der Waals surface area contributed by atoms with Gasteiger partial charge in [0.15, 0.2) is 0 Å². The largest absolute Gasteiger partial charge is 0.207 e. The molecular formula is C10H10BrF. The molecule has 1 aliphatic carbocycles. The van der Waals surface area contributed by atoms with E-state index in [0.717, 1.165) is 10.0 Å². The molecule has 0 unspecified atom stereocenters. The number of halogens is 2. The fourth-order valence-electron chi connectivity index (χ4n) is 1.37. The lowest BCUT2D eigenvalue weighted by atomic mass is 10.1. The van der Waals surface area contributed by atoms with Gasteiger partial charge in [-0.2, -0.15) is 0 Å². The highest BCUT2D eigenvalue weighted by Gasteiger charge is 2.26. The second kappa shape index (κ2) is 2.84. The average Bonchev–Trinajstić information content (AvgIpc) is 2.79. The molecule has 0 aromatic heterocycles. The normalized spacial score (nSPS) is 16.6. The van der Waals surface area contributed by atoms with Crippen LogP contribution in [-0.4, -0.2) is 0 Å². The number of hydrogen-bond donors (Lipinski definition) is 0. The van der Waals surface area contributed by atoms with E-state index in [4.69, 9.17) is 0 Å². The average molecular weight is 229 g/mol. The van der Waals surface area contributed by atoms with Gasteiger partial charge in [0.2, 0.25) is 0 Å². The Labute approximate surface area is 79.9 Å². The topological polar surface area (TPSA) is 0 Å². The molecule has 1 aromatic rings. The van der Waals surface area contributed by atoms with Crippen molar-refractivity contribution >= 4 is 15.9 Å². The molecule has 1 fully saturated rings. The Kier molecular flexibility index (Phi) is 1.95. The molecule has 0 heterocycles. The first-order valence-corrected chi connectivity index (χ1v) is 4.93. The lowest BCUT2D eigenvalue weighted by molar-refractivity contribution is 0.615. The van der Waals surface area contributed by atoms with Gasteiger partial charge >= 0.3 is 0 Å². The number of benzene rings is 1. The molecule has 2 rings (SSSR count). The lowest BCUT2D eigenvalue weighted by Gasteiger charge is -2.04. The fraction of sp³-hybridized carbons (Fsp3) is 0.400. The van der Waals surface area contributed by atoms with E-state index in [0.29, 0.717) is 11.5 Å². The van der Waals surface area contributed by atoms with Gasteiger partial charge in [0.1, 0.15) is 5.82 Å². The third kappa shape index (κ3) is 1.40. The lowest BCUT2D eigenvalue weighted by Crippen LogP contribution is -1.88. The van der Waals surface area contributed by atoms with Crippen LogP contribution in [0.3, 0.4) is 0 Å². The van der Waals surface area contributed by atoms with Gasteiger partial charge in [0, 0.05) is 4.47 Å². The van der Waals surface area contributed by atoms with Crippen LogP contribution in [0, 0.1) is 12.7 Å². The molecule has 0 amide bonds. The Morgan fingerprint density at radius 3 is 2.67 bits per heavy atom. The van der Waals surface area contributed by atoms with Crippen LogP contribution < -0.4 is 0 Å². The summed E-state index contributed by atoms with van der Waals surface area (Å²) in [5.41, 5.74) is 1.85. The summed E-state index contributed by atoms with van der Waals surface area (Å²) in [6, 6.07) is 3.53.